The lowest BCUT2D eigenvalue weighted by Gasteiger charge is -2.47. The minimum Gasteiger partial charge on any atom is -0.383 e. The first-order chi connectivity index (χ1) is 11.1. The maximum atomic E-state index is 11.4. The maximum absolute atomic E-state index is 11.4. The van der Waals surface area contributed by atoms with Gasteiger partial charge in [-0.25, -0.2) is 0 Å². The van der Waals surface area contributed by atoms with Crippen molar-refractivity contribution < 1.29 is 5.11 Å². The van der Waals surface area contributed by atoms with Crippen LogP contribution in [0, 0.1) is 0 Å². The molecule has 0 aliphatic carbocycles. The van der Waals surface area contributed by atoms with Crippen molar-refractivity contribution in [3.8, 4) is 0 Å². The van der Waals surface area contributed by atoms with Gasteiger partial charge in [-0.1, -0.05) is 36.4 Å². The van der Waals surface area contributed by atoms with Gasteiger partial charge < -0.3 is 10.0 Å². The molecule has 1 aromatic heterocycles. The van der Waals surface area contributed by atoms with E-state index in [1.54, 1.807) is 6.20 Å². The average Bonchev–Trinajstić information content (AvgIpc) is 2.58. The van der Waals surface area contributed by atoms with Crippen LogP contribution in [0.4, 0.5) is 0 Å². The molecule has 1 N–H and O–H groups in total. The summed E-state index contributed by atoms with van der Waals surface area (Å²) in [5.74, 6) is 0. The Morgan fingerprint density at radius 2 is 2.00 bits per heavy atom. The predicted octanol–water partition coefficient (Wildman–Crippen LogP) is 2.11. The van der Waals surface area contributed by atoms with Gasteiger partial charge in [0.05, 0.1) is 6.04 Å². The molecule has 0 spiro atoms. The molecule has 0 saturated carbocycles. The van der Waals surface area contributed by atoms with E-state index in [2.05, 4.69) is 20.9 Å². The van der Waals surface area contributed by atoms with E-state index in [-0.39, 0.29) is 6.04 Å². The topological polar surface area (TPSA) is 39.6 Å². The summed E-state index contributed by atoms with van der Waals surface area (Å²) in [6.45, 7) is 2.60. The second-order valence-electron chi connectivity index (χ2n) is 6.62. The minimum absolute atomic E-state index is 0.0651. The third-order valence-corrected chi connectivity index (χ3v) is 4.82. The first-order valence-electron chi connectivity index (χ1n) is 8.15. The van der Waals surface area contributed by atoms with E-state index < -0.39 is 5.60 Å². The maximum Gasteiger partial charge on any atom is 0.107 e. The Morgan fingerprint density at radius 3 is 2.65 bits per heavy atom. The van der Waals surface area contributed by atoms with E-state index in [0.717, 1.165) is 31.6 Å². The fourth-order valence-corrected chi connectivity index (χ4v) is 3.53. The number of benzene rings is 1. The normalized spacial score (nSPS) is 25.7. The van der Waals surface area contributed by atoms with Gasteiger partial charge in [0.1, 0.15) is 5.60 Å². The van der Waals surface area contributed by atoms with E-state index in [1.807, 2.05) is 56.7 Å². The quantitative estimate of drug-likeness (QED) is 0.939. The van der Waals surface area contributed by atoms with Crippen LogP contribution in [0.5, 0.6) is 0 Å². The Morgan fingerprint density at radius 1 is 1.22 bits per heavy atom. The summed E-state index contributed by atoms with van der Waals surface area (Å²) in [5.41, 5.74) is 1.44. The van der Waals surface area contributed by atoms with Crippen molar-refractivity contribution in [2.24, 2.45) is 0 Å². The van der Waals surface area contributed by atoms with Crippen LogP contribution in [0.2, 0.25) is 0 Å². The van der Waals surface area contributed by atoms with Crippen LogP contribution in [0.1, 0.15) is 17.5 Å². The fourth-order valence-electron chi connectivity index (χ4n) is 3.53. The van der Waals surface area contributed by atoms with Gasteiger partial charge in [-0.2, -0.15) is 0 Å². The largest absolute Gasteiger partial charge is 0.383 e. The Kier molecular flexibility index (Phi) is 4.76. The molecule has 0 amide bonds. The van der Waals surface area contributed by atoms with Gasteiger partial charge in [-0.15, -0.1) is 0 Å². The highest BCUT2D eigenvalue weighted by atomic mass is 16.3. The summed E-state index contributed by atoms with van der Waals surface area (Å²) in [6, 6.07) is 14.2. The molecule has 4 heteroatoms. The molecule has 1 aliphatic rings. The zero-order chi connectivity index (χ0) is 16.3. The highest BCUT2D eigenvalue weighted by Gasteiger charge is 2.43. The molecule has 1 aliphatic heterocycles. The van der Waals surface area contributed by atoms with Crippen LogP contribution in [0.25, 0.3) is 0 Å². The van der Waals surface area contributed by atoms with Crippen molar-refractivity contribution >= 4 is 0 Å². The van der Waals surface area contributed by atoms with Gasteiger partial charge in [0.15, 0.2) is 0 Å². The number of piperidine rings is 1. The number of pyridine rings is 1. The molecular weight excluding hydrogens is 286 g/mol. The SMILES string of the molecule is CN(C)[C@@H]1CN(Cc2cccnc2)CC[C@]1(O)c1ccccc1. The molecule has 0 bridgehead atoms. The van der Waals surface area contributed by atoms with Crippen LogP contribution in [0.3, 0.4) is 0 Å². The first-order valence-corrected chi connectivity index (χ1v) is 8.15. The smallest absolute Gasteiger partial charge is 0.107 e. The molecule has 1 fully saturated rings. The monoisotopic (exact) mass is 311 g/mol. The summed E-state index contributed by atoms with van der Waals surface area (Å²) in [6.07, 6.45) is 4.46. The number of rotatable bonds is 4. The zero-order valence-electron chi connectivity index (χ0n) is 13.9. The van der Waals surface area contributed by atoms with Gasteiger partial charge in [0, 0.05) is 32.0 Å². The molecule has 2 aromatic rings. The predicted molar refractivity (Wildman–Crippen MR) is 91.9 cm³/mol. The second-order valence-corrected chi connectivity index (χ2v) is 6.62. The Bertz CT molecular complexity index is 617. The molecule has 3 rings (SSSR count). The van der Waals surface area contributed by atoms with Crippen molar-refractivity contribution in [1.82, 2.24) is 14.8 Å². The standard InChI is InChI=1S/C19H25N3O/c1-21(2)18-15-22(14-16-7-6-11-20-13-16)12-10-19(18,23)17-8-4-3-5-9-17/h3-9,11,13,18,23H,10,12,14-15H2,1-2H3/t18-,19+/m1/s1. The van der Waals surface area contributed by atoms with Crippen LogP contribution in [0.15, 0.2) is 54.9 Å². The van der Waals surface area contributed by atoms with Gasteiger partial charge in [0.2, 0.25) is 0 Å². The second kappa shape index (κ2) is 6.79. The average molecular weight is 311 g/mol. The van der Waals surface area contributed by atoms with Crippen molar-refractivity contribution in [3.63, 3.8) is 0 Å². The van der Waals surface area contributed by atoms with Crippen LogP contribution < -0.4 is 0 Å². The molecule has 4 nitrogen and oxygen atoms in total. The minimum atomic E-state index is -0.795. The van der Waals surface area contributed by atoms with E-state index in [4.69, 9.17) is 0 Å². The van der Waals surface area contributed by atoms with Crippen LogP contribution in [-0.2, 0) is 12.1 Å². The number of likely N-dealkylation sites (N-methyl/N-ethyl adjacent to an activating group) is 1. The van der Waals surface area contributed by atoms with Crippen LogP contribution in [-0.4, -0.2) is 53.1 Å². The summed E-state index contributed by atoms with van der Waals surface area (Å²) in [4.78, 5) is 8.74. The Balaban J connectivity index is 1.79. The summed E-state index contributed by atoms with van der Waals surface area (Å²) in [7, 11) is 4.10. The van der Waals surface area contributed by atoms with E-state index in [9.17, 15) is 5.11 Å². The van der Waals surface area contributed by atoms with Crippen molar-refractivity contribution in [2.75, 3.05) is 27.2 Å². The zero-order valence-corrected chi connectivity index (χ0v) is 13.9. The van der Waals surface area contributed by atoms with E-state index in [1.165, 1.54) is 5.56 Å². The molecule has 0 unspecified atom stereocenters. The molecule has 1 saturated heterocycles. The first kappa shape index (κ1) is 16.1. The molecule has 2 heterocycles. The third-order valence-electron chi connectivity index (χ3n) is 4.82. The molecule has 2 atom stereocenters. The van der Waals surface area contributed by atoms with Gasteiger partial charge in [0.25, 0.3) is 0 Å². The molecule has 122 valence electrons. The van der Waals surface area contributed by atoms with Gasteiger partial charge in [-0.05, 0) is 37.7 Å². The van der Waals surface area contributed by atoms with Crippen molar-refractivity contribution in [3.05, 3.63) is 66.0 Å². The Hall–Kier alpha value is -1.75. The van der Waals surface area contributed by atoms with Crippen molar-refractivity contribution in [1.29, 1.82) is 0 Å². The summed E-state index contributed by atoms with van der Waals surface area (Å²) < 4.78 is 0. The number of aliphatic hydroxyl groups is 1. The molecular formula is C19H25N3O. The summed E-state index contributed by atoms with van der Waals surface area (Å²) in [5, 5.41) is 11.4. The lowest BCUT2D eigenvalue weighted by atomic mass is 9.79. The fraction of sp³-hybridized carbons (Fsp3) is 0.421. The highest BCUT2D eigenvalue weighted by molar-refractivity contribution is 5.26. The van der Waals surface area contributed by atoms with Gasteiger partial charge >= 0.3 is 0 Å². The van der Waals surface area contributed by atoms with E-state index in [0.29, 0.717) is 0 Å². The van der Waals surface area contributed by atoms with Crippen molar-refractivity contribution in [2.45, 2.75) is 24.6 Å². The molecule has 0 radical (unpaired) electrons. The number of likely N-dealkylation sites (tertiary alicyclic amines) is 1. The Labute approximate surface area is 138 Å². The third kappa shape index (κ3) is 3.44. The highest BCUT2D eigenvalue weighted by Crippen LogP contribution is 2.35. The number of aromatic nitrogens is 1. The number of hydrogen-bond donors (Lipinski definition) is 1. The molecule has 1 aromatic carbocycles. The van der Waals surface area contributed by atoms with E-state index >= 15 is 0 Å². The summed E-state index contributed by atoms with van der Waals surface area (Å²) >= 11 is 0. The van der Waals surface area contributed by atoms with Crippen LogP contribution >= 0.6 is 0 Å². The number of nitrogens with zero attached hydrogens (tertiary/aromatic N) is 3. The molecule has 23 heavy (non-hydrogen) atoms. The lowest BCUT2D eigenvalue weighted by molar-refractivity contribution is -0.0893. The lowest BCUT2D eigenvalue weighted by Crippen LogP contribution is -2.58. The number of hydrogen-bond acceptors (Lipinski definition) is 4. The van der Waals surface area contributed by atoms with Gasteiger partial charge in [-0.3, -0.25) is 9.88 Å².